The van der Waals surface area contributed by atoms with Gasteiger partial charge in [-0.15, -0.1) is 0 Å². The minimum Gasteiger partial charge on any atom is -0.373 e. The highest BCUT2D eigenvalue weighted by Crippen LogP contribution is 2.36. The van der Waals surface area contributed by atoms with Gasteiger partial charge in [0, 0.05) is 37.7 Å². The van der Waals surface area contributed by atoms with E-state index in [2.05, 4.69) is 22.4 Å². The molecule has 1 amide bonds. The van der Waals surface area contributed by atoms with Crippen molar-refractivity contribution in [3.63, 3.8) is 0 Å². The molecule has 1 aliphatic heterocycles. The number of aromatic nitrogens is 4. The van der Waals surface area contributed by atoms with Crippen LogP contribution in [0.25, 0.3) is 0 Å². The van der Waals surface area contributed by atoms with E-state index in [9.17, 15) is 4.79 Å². The van der Waals surface area contributed by atoms with E-state index in [4.69, 9.17) is 4.74 Å². The lowest BCUT2D eigenvalue weighted by atomic mass is 9.95. The summed E-state index contributed by atoms with van der Waals surface area (Å²) in [5.74, 6) is -0.223. The van der Waals surface area contributed by atoms with Crippen LogP contribution in [-0.4, -0.2) is 32.1 Å². The molecule has 0 aliphatic carbocycles. The van der Waals surface area contributed by atoms with Gasteiger partial charge in [-0.3, -0.25) is 14.2 Å². The molecule has 3 heterocycles. The van der Waals surface area contributed by atoms with E-state index < -0.39 is 0 Å². The topological polar surface area (TPSA) is 74.0 Å². The van der Waals surface area contributed by atoms with Crippen LogP contribution >= 0.6 is 0 Å². The molecule has 0 aromatic carbocycles. The van der Waals surface area contributed by atoms with Crippen molar-refractivity contribution in [2.45, 2.75) is 39.3 Å². The first-order chi connectivity index (χ1) is 11.1. The van der Waals surface area contributed by atoms with Crippen LogP contribution in [0.15, 0.2) is 18.6 Å². The molecular weight excluding hydrogens is 294 g/mol. The van der Waals surface area contributed by atoms with Crippen molar-refractivity contribution in [1.82, 2.24) is 19.6 Å². The van der Waals surface area contributed by atoms with E-state index in [0.29, 0.717) is 13.0 Å². The standard InChI is InChI=1S/C16H23N5O2/c1-4-6-21-10-12(8-18-21)19-16(22)13-5-7-23-15(13)14-9-17-20(3)11(14)2/h8-10,13,15H,4-7H2,1-3H3,(H,19,22)/t13-,15-/m0/s1. The second-order valence-electron chi connectivity index (χ2n) is 5.98. The summed E-state index contributed by atoms with van der Waals surface area (Å²) < 4.78 is 9.46. The lowest BCUT2D eigenvalue weighted by Crippen LogP contribution is -2.25. The van der Waals surface area contributed by atoms with Crippen molar-refractivity contribution >= 4 is 11.6 Å². The molecule has 2 aromatic heterocycles. The van der Waals surface area contributed by atoms with Crippen molar-refractivity contribution in [1.29, 1.82) is 0 Å². The lowest BCUT2D eigenvalue weighted by molar-refractivity contribution is -0.121. The Labute approximate surface area is 135 Å². The first-order valence-electron chi connectivity index (χ1n) is 8.03. The number of aryl methyl sites for hydroxylation is 2. The van der Waals surface area contributed by atoms with Crippen LogP contribution in [-0.2, 0) is 23.1 Å². The Balaban J connectivity index is 1.71. The Hall–Kier alpha value is -2.15. The Morgan fingerprint density at radius 1 is 1.43 bits per heavy atom. The van der Waals surface area contributed by atoms with Crippen molar-refractivity contribution < 1.29 is 9.53 Å². The zero-order chi connectivity index (χ0) is 16.4. The van der Waals surface area contributed by atoms with Gasteiger partial charge in [0.05, 0.1) is 30.1 Å². The summed E-state index contributed by atoms with van der Waals surface area (Å²) in [6, 6.07) is 0. The van der Waals surface area contributed by atoms with Crippen LogP contribution in [0.4, 0.5) is 5.69 Å². The smallest absolute Gasteiger partial charge is 0.230 e. The molecule has 0 saturated carbocycles. The summed E-state index contributed by atoms with van der Waals surface area (Å²) in [6.07, 6.45) is 6.84. The van der Waals surface area contributed by atoms with Crippen LogP contribution in [0, 0.1) is 12.8 Å². The number of rotatable bonds is 5. The van der Waals surface area contributed by atoms with Crippen molar-refractivity contribution in [2.75, 3.05) is 11.9 Å². The Bertz CT molecular complexity index is 690. The van der Waals surface area contributed by atoms with E-state index >= 15 is 0 Å². The molecule has 1 N–H and O–H groups in total. The maximum atomic E-state index is 12.6. The summed E-state index contributed by atoms with van der Waals surface area (Å²) in [4.78, 5) is 12.6. The fourth-order valence-corrected chi connectivity index (χ4v) is 2.97. The predicted octanol–water partition coefficient (Wildman–Crippen LogP) is 2.05. The molecule has 0 radical (unpaired) electrons. The summed E-state index contributed by atoms with van der Waals surface area (Å²) in [7, 11) is 1.89. The van der Waals surface area contributed by atoms with Gasteiger partial charge >= 0.3 is 0 Å². The van der Waals surface area contributed by atoms with Crippen molar-refractivity contribution in [3.05, 3.63) is 29.8 Å². The molecule has 124 valence electrons. The van der Waals surface area contributed by atoms with Crippen LogP contribution < -0.4 is 5.32 Å². The Morgan fingerprint density at radius 2 is 2.26 bits per heavy atom. The zero-order valence-electron chi connectivity index (χ0n) is 13.8. The summed E-state index contributed by atoms with van der Waals surface area (Å²) >= 11 is 0. The number of carbonyl (C=O) groups excluding carboxylic acids is 1. The highest BCUT2D eigenvalue weighted by atomic mass is 16.5. The van der Waals surface area contributed by atoms with Gasteiger partial charge < -0.3 is 10.1 Å². The zero-order valence-corrected chi connectivity index (χ0v) is 13.8. The first-order valence-corrected chi connectivity index (χ1v) is 8.03. The number of ether oxygens (including phenoxy) is 1. The van der Waals surface area contributed by atoms with E-state index in [-0.39, 0.29) is 17.9 Å². The highest BCUT2D eigenvalue weighted by molar-refractivity contribution is 5.93. The SMILES string of the molecule is CCCn1cc(NC(=O)[C@H]2CCO[C@@H]2c2cnn(C)c2C)cn1. The van der Waals surface area contributed by atoms with E-state index in [1.54, 1.807) is 17.1 Å². The molecule has 7 heteroatoms. The summed E-state index contributed by atoms with van der Waals surface area (Å²) in [6.45, 7) is 5.52. The third kappa shape index (κ3) is 3.14. The van der Waals surface area contributed by atoms with Gasteiger partial charge in [-0.1, -0.05) is 6.92 Å². The number of hydrogen-bond acceptors (Lipinski definition) is 4. The molecule has 0 bridgehead atoms. The van der Waals surface area contributed by atoms with Gasteiger partial charge in [-0.25, -0.2) is 0 Å². The van der Waals surface area contributed by atoms with Crippen LogP contribution in [0.1, 0.15) is 37.1 Å². The Morgan fingerprint density at radius 3 is 2.96 bits per heavy atom. The monoisotopic (exact) mass is 317 g/mol. The number of carbonyl (C=O) groups is 1. The van der Waals surface area contributed by atoms with E-state index in [1.807, 2.05) is 24.9 Å². The minimum atomic E-state index is -0.227. The largest absolute Gasteiger partial charge is 0.373 e. The van der Waals surface area contributed by atoms with Gasteiger partial charge in [-0.2, -0.15) is 10.2 Å². The second kappa shape index (κ2) is 6.54. The lowest BCUT2D eigenvalue weighted by Gasteiger charge is -2.17. The van der Waals surface area contributed by atoms with Gasteiger partial charge in [0.2, 0.25) is 5.91 Å². The molecule has 1 aliphatic rings. The third-order valence-electron chi connectivity index (χ3n) is 4.36. The normalized spacial score (nSPS) is 20.8. The van der Waals surface area contributed by atoms with Crippen LogP contribution in [0.5, 0.6) is 0 Å². The fraction of sp³-hybridized carbons (Fsp3) is 0.562. The number of nitrogens with one attached hydrogen (secondary N) is 1. The minimum absolute atomic E-state index is 0.0215. The summed E-state index contributed by atoms with van der Waals surface area (Å²) in [5, 5.41) is 11.5. The molecule has 2 aromatic rings. The maximum Gasteiger partial charge on any atom is 0.230 e. The molecule has 0 unspecified atom stereocenters. The van der Waals surface area contributed by atoms with Gasteiger partial charge in [0.15, 0.2) is 0 Å². The maximum absolute atomic E-state index is 12.6. The van der Waals surface area contributed by atoms with Crippen molar-refractivity contribution in [3.8, 4) is 0 Å². The molecule has 0 spiro atoms. The number of anilines is 1. The van der Waals surface area contributed by atoms with Crippen molar-refractivity contribution in [2.24, 2.45) is 13.0 Å². The average molecular weight is 317 g/mol. The Kier molecular flexibility index (Phi) is 4.47. The number of hydrogen-bond donors (Lipinski definition) is 1. The molecule has 3 rings (SSSR count). The fourth-order valence-electron chi connectivity index (χ4n) is 2.97. The van der Waals surface area contributed by atoms with Crippen LogP contribution in [0.2, 0.25) is 0 Å². The molecule has 7 nitrogen and oxygen atoms in total. The quantitative estimate of drug-likeness (QED) is 0.916. The molecule has 1 saturated heterocycles. The first kappa shape index (κ1) is 15.7. The van der Waals surface area contributed by atoms with Crippen LogP contribution in [0.3, 0.4) is 0 Å². The van der Waals surface area contributed by atoms with Gasteiger partial charge in [0.25, 0.3) is 0 Å². The van der Waals surface area contributed by atoms with Gasteiger partial charge in [0.1, 0.15) is 0 Å². The van der Waals surface area contributed by atoms with E-state index in [0.717, 1.165) is 29.9 Å². The summed E-state index contributed by atoms with van der Waals surface area (Å²) in [5.41, 5.74) is 2.76. The molecule has 23 heavy (non-hydrogen) atoms. The molecule has 1 fully saturated rings. The molecule has 2 atom stereocenters. The average Bonchev–Trinajstić information content (AvgIpc) is 3.22. The highest BCUT2D eigenvalue weighted by Gasteiger charge is 2.37. The predicted molar refractivity (Wildman–Crippen MR) is 85.9 cm³/mol. The number of nitrogens with zero attached hydrogens (tertiary/aromatic N) is 4. The number of amides is 1. The molecular formula is C16H23N5O2. The third-order valence-corrected chi connectivity index (χ3v) is 4.36. The second-order valence-corrected chi connectivity index (χ2v) is 5.98. The van der Waals surface area contributed by atoms with Gasteiger partial charge in [-0.05, 0) is 19.8 Å². The van der Waals surface area contributed by atoms with E-state index in [1.165, 1.54) is 0 Å².